The van der Waals surface area contributed by atoms with Crippen LogP contribution in [0.1, 0.15) is 85.5 Å². The predicted octanol–water partition coefficient (Wildman–Crippen LogP) is 5.32. The van der Waals surface area contributed by atoms with Crippen molar-refractivity contribution in [2.45, 2.75) is 90.9 Å². The molecule has 1 radical (unpaired) electrons. The molecule has 229 valence electrons. The molecule has 2 atom stereocenters. The first kappa shape index (κ1) is 31.3. The highest BCUT2D eigenvalue weighted by atomic mass is 16.5. The summed E-state index contributed by atoms with van der Waals surface area (Å²) in [6.45, 7) is 12.1. The maximum Gasteiger partial charge on any atom is 0.330 e. The van der Waals surface area contributed by atoms with Crippen molar-refractivity contribution in [1.29, 1.82) is 0 Å². The zero-order chi connectivity index (χ0) is 31.2. The molecule has 1 aliphatic heterocycles. The van der Waals surface area contributed by atoms with E-state index in [0.29, 0.717) is 6.42 Å². The number of hydrogen-bond acceptors (Lipinski definition) is 6. The first-order valence-corrected chi connectivity index (χ1v) is 15.4. The van der Waals surface area contributed by atoms with Crippen molar-refractivity contribution in [2.75, 3.05) is 13.7 Å². The van der Waals surface area contributed by atoms with Crippen LogP contribution in [-0.2, 0) is 19.0 Å². The number of nitrogens with one attached hydrogen (secondary N) is 1. The van der Waals surface area contributed by atoms with Crippen molar-refractivity contribution >= 4 is 35.6 Å². The topological polar surface area (TPSA) is 105 Å². The monoisotopic (exact) mass is 586 g/mol. The number of likely N-dealkylation sites (tertiary alicyclic amines) is 1. The second-order valence-electron chi connectivity index (χ2n) is 14.0. The lowest BCUT2D eigenvalue weighted by Crippen LogP contribution is -2.49. The number of esters is 1. The van der Waals surface area contributed by atoms with Gasteiger partial charge in [-0.25, -0.2) is 4.98 Å². The molecule has 2 heterocycles. The van der Waals surface area contributed by atoms with Crippen LogP contribution in [0.3, 0.4) is 0 Å². The van der Waals surface area contributed by atoms with Gasteiger partial charge in [-0.3, -0.25) is 9.59 Å². The lowest BCUT2D eigenvalue weighted by molar-refractivity contribution is -0.142. The Morgan fingerprint density at radius 2 is 1.84 bits per heavy atom. The van der Waals surface area contributed by atoms with Crippen molar-refractivity contribution < 1.29 is 24.1 Å². The Morgan fingerprint density at radius 3 is 2.49 bits per heavy atom. The number of nitrogens with zero attached hydrogens (tertiary/aromatic N) is 2. The van der Waals surface area contributed by atoms with Gasteiger partial charge in [0.2, 0.25) is 5.91 Å². The maximum atomic E-state index is 13.9. The molecule has 2 aromatic carbocycles. The summed E-state index contributed by atoms with van der Waals surface area (Å²) in [6, 6.07) is 12.3. The van der Waals surface area contributed by atoms with Gasteiger partial charge in [0.1, 0.15) is 5.82 Å². The van der Waals surface area contributed by atoms with Gasteiger partial charge in [-0.1, -0.05) is 49.6 Å². The quantitative estimate of drug-likeness (QED) is 0.233. The molecule has 2 aliphatic rings. The molecule has 2 unspecified atom stereocenters. The van der Waals surface area contributed by atoms with Gasteiger partial charge in [0.05, 0.1) is 36.2 Å². The second kappa shape index (κ2) is 11.7. The van der Waals surface area contributed by atoms with Gasteiger partial charge in [-0.2, -0.15) is 0 Å². The molecule has 1 saturated heterocycles. The molecule has 1 aromatic heterocycles. The SMILES string of the molecule is COC(=O)CCC(C(=O)N1CC2(CC2)CC1c1ncc(-c2ccc3cc([B]OC(C)(C)C(C)(C)O)ccc3c2)[nH]1)C(C)C. The molecule has 8 nitrogen and oxygen atoms in total. The zero-order valence-electron chi connectivity index (χ0n) is 26.6. The Labute approximate surface area is 255 Å². The average Bonchev–Trinajstić information content (AvgIpc) is 3.35. The van der Waals surface area contributed by atoms with Crippen LogP contribution in [0.5, 0.6) is 0 Å². The molecule has 9 heteroatoms. The van der Waals surface area contributed by atoms with Crippen LogP contribution in [0.4, 0.5) is 0 Å². The van der Waals surface area contributed by atoms with E-state index >= 15 is 0 Å². The number of fused-ring (bicyclic) bond motifs is 1. The van der Waals surface area contributed by atoms with Crippen LogP contribution >= 0.6 is 0 Å². The molecular weight excluding hydrogens is 541 g/mol. The molecule has 1 spiro atoms. The van der Waals surface area contributed by atoms with Crippen molar-refractivity contribution in [3.8, 4) is 11.3 Å². The lowest BCUT2D eigenvalue weighted by Gasteiger charge is -2.37. The van der Waals surface area contributed by atoms with E-state index in [0.717, 1.165) is 59.1 Å². The molecule has 1 saturated carbocycles. The predicted molar refractivity (Wildman–Crippen MR) is 169 cm³/mol. The molecule has 5 rings (SSSR count). The van der Waals surface area contributed by atoms with E-state index in [-0.39, 0.29) is 41.6 Å². The normalized spacial score (nSPS) is 18.8. The van der Waals surface area contributed by atoms with Crippen LogP contribution in [0, 0.1) is 17.3 Å². The molecule has 43 heavy (non-hydrogen) atoms. The van der Waals surface area contributed by atoms with Gasteiger partial charge in [0.15, 0.2) is 0 Å². The standard InChI is InChI=1S/C34H45BN3O5/c1-21(2)26(12-13-29(39)42-7)31(40)38-20-34(14-15-34)18-28(38)30-36-19-27(37-30)24-9-8-23-17-25(11-10-22(23)16-24)35-43-33(5,6)32(3,4)41/h8-11,16-17,19,21,26,28,41H,12-15,18,20H2,1-7H3,(H,36,37). The van der Waals surface area contributed by atoms with E-state index < -0.39 is 11.2 Å². The number of carbonyl (C=O) groups excluding carboxylic acids is 2. The van der Waals surface area contributed by atoms with Crippen LogP contribution in [-0.4, -0.2) is 64.2 Å². The summed E-state index contributed by atoms with van der Waals surface area (Å²) >= 11 is 0. The number of rotatable bonds is 11. The first-order chi connectivity index (χ1) is 20.2. The molecule has 3 aromatic rings. The number of amides is 1. The van der Waals surface area contributed by atoms with Crippen molar-refractivity contribution in [3.05, 3.63) is 48.4 Å². The summed E-state index contributed by atoms with van der Waals surface area (Å²) in [5.74, 6) is 0.534. The maximum absolute atomic E-state index is 13.9. The Bertz CT molecular complexity index is 1490. The minimum absolute atomic E-state index is 0.102. The highest BCUT2D eigenvalue weighted by Crippen LogP contribution is 2.58. The highest BCUT2D eigenvalue weighted by molar-refractivity contribution is 6.47. The summed E-state index contributed by atoms with van der Waals surface area (Å²) in [6.07, 6.45) is 5.79. The lowest BCUT2D eigenvalue weighted by atomic mass is 9.82. The molecule has 2 N–H and O–H groups in total. The number of benzene rings is 2. The van der Waals surface area contributed by atoms with Gasteiger partial charge in [0, 0.05) is 24.4 Å². The number of aromatic amines is 1. The van der Waals surface area contributed by atoms with Crippen LogP contribution in [0.2, 0.25) is 0 Å². The molecular formula is C34H45BN3O5. The third-order valence-electron chi connectivity index (χ3n) is 9.81. The number of aromatic nitrogens is 2. The average molecular weight is 587 g/mol. The van der Waals surface area contributed by atoms with Crippen LogP contribution in [0.15, 0.2) is 42.6 Å². The third-order valence-corrected chi connectivity index (χ3v) is 9.81. The molecule has 2 fully saturated rings. The van der Waals surface area contributed by atoms with Gasteiger partial charge < -0.3 is 24.4 Å². The van der Waals surface area contributed by atoms with E-state index in [9.17, 15) is 14.7 Å². The van der Waals surface area contributed by atoms with Crippen LogP contribution < -0.4 is 5.46 Å². The zero-order valence-corrected chi connectivity index (χ0v) is 26.6. The summed E-state index contributed by atoms with van der Waals surface area (Å²) in [4.78, 5) is 36.1. The second-order valence-corrected chi connectivity index (χ2v) is 14.0. The van der Waals surface area contributed by atoms with Crippen LogP contribution in [0.25, 0.3) is 22.0 Å². The largest absolute Gasteiger partial charge is 0.469 e. The molecule has 1 aliphatic carbocycles. The Hall–Kier alpha value is -3.17. The van der Waals surface area contributed by atoms with E-state index in [1.165, 1.54) is 7.11 Å². The minimum Gasteiger partial charge on any atom is -0.469 e. The fourth-order valence-corrected chi connectivity index (χ4v) is 5.92. The molecule has 1 amide bonds. The van der Waals surface area contributed by atoms with Crippen molar-refractivity contribution in [1.82, 2.24) is 14.9 Å². The van der Waals surface area contributed by atoms with Gasteiger partial charge in [0.25, 0.3) is 0 Å². The summed E-state index contributed by atoms with van der Waals surface area (Å²) in [5, 5.41) is 12.6. The van der Waals surface area contributed by atoms with Crippen molar-refractivity contribution in [2.24, 2.45) is 17.3 Å². The fraction of sp³-hybridized carbons (Fsp3) is 0.559. The van der Waals surface area contributed by atoms with E-state index in [1.54, 1.807) is 21.3 Å². The van der Waals surface area contributed by atoms with Crippen molar-refractivity contribution in [3.63, 3.8) is 0 Å². The van der Waals surface area contributed by atoms with E-state index in [4.69, 9.17) is 14.4 Å². The van der Waals surface area contributed by atoms with E-state index in [1.807, 2.05) is 44.9 Å². The smallest absolute Gasteiger partial charge is 0.330 e. The Kier molecular flexibility index (Phi) is 8.53. The van der Waals surface area contributed by atoms with E-state index in [2.05, 4.69) is 35.3 Å². The number of hydrogen-bond donors (Lipinski definition) is 2. The molecule has 0 bridgehead atoms. The minimum atomic E-state index is -0.985. The number of methoxy groups -OCH3 is 1. The van der Waals surface area contributed by atoms with Gasteiger partial charge in [-0.05, 0) is 81.5 Å². The summed E-state index contributed by atoms with van der Waals surface area (Å²) in [5.41, 5.74) is 1.34. The summed E-state index contributed by atoms with van der Waals surface area (Å²) in [7, 11) is 3.09. The Balaban J connectivity index is 1.33. The number of carbonyl (C=O) groups is 2. The fourth-order valence-electron chi connectivity index (χ4n) is 5.92. The highest BCUT2D eigenvalue weighted by Gasteiger charge is 2.55. The number of imidazole rings is 1. The van der Waals surface area contributed by atoms with Gasteiger partial charge in [-0.15, -0.1) is 0 Å². The number of H-pyrrole nitrogens is 1. The first-order valence-electron chi connectivity index (χ1n) is 15.4. The number of ether oxygens (including phenoxy) is 1. The van der Waals surface area contributed by atoms with Gasteiger partial charge >= 0.3 is 13.5 Å². The number of aliphatic hydroxyl groups is 1. The Morgan fingerprint density at radius 1 is 1.14 bits per heavy atom. The summed E-state index contributed by atoms with van der Waals surface area (Å²) < 4.78 is 10.8. The third kappa shape index (κ3) is 6.68.